The molecule has 2 nitrogen and oxygen atoms in total. The second kappa shape index (κ2) is 4.83. The van der Waals surface area contributed by atoms with E-state index >= 15 is 0 Å². The first-order valence-electron chi connectivity index (χ1n) is 3.88. The van der Waals surface area contributed by atoms with Gasteiger partial charge in [0.25, 0.3) is 0 Å². The highest BCUT2D eigenvalue weighted by Gasteiger charge is 2.01. The maximum atomic E-state index is 5.28. The number of allylic oxidation sites excluding steroid dienone is 1. The van der Waals surface area contributed by atoms with Gasteiger partial charge < -0.3 is 10.6 Å². The van der Waals surface area contributed by atoms with Gasteiger partial charge in [0.15, 0.2) is 0 Å². The van der Waals surface area contributed by atoms with Crippen LogP contribution in [0.25, 0.3) is 0 Å². The van der Waals surface area contributed by atoms with E-state index in [0.29, 0.717) is 5.92 Å². The lowest BCUT2D eigenvalue weighted by Crippen LogP contribution is -2.20. The van der Waals surface area contributed by atoms with Crippen LogP contribution in [-0.2, 0) is 0 Å². The molecular formula is C9H18N2. The lowest BCUT2D eigenvalue weighted by Gasteiger charge is -2.21. The second-order valence-electron chi connectivity index (χ2n) is 3.12. The highest BCUT2D eigenvalue weighted by molar-refractivity contribution is 4.96. The van der Waals surface area contributed by atoms with Gasteiger partial charge in [0.05, 0.1) is 0 Å². The summed E-state index contributed by atoms with van der Waals surface area (Å²) in [5.41, 5.74) is 6.31. The van der Waals surface area contributed by atoms with Crippen molar-refractivity contribution in [1.82, 2.24) is 4.90 Å². The molecule has 0 aromatic rings. The molecule has 0 atom stereocenters. The summed E-state index contributed by atoms with van der Waals surface area (Å²) in [5, 5.41) is 0. The minimum atomic E-state index is 0.628. The fraction of sp³-hybridized carbons (Fsp3) is 0.556. The van der Waals surface area contributed by atoms with Gasteiger partial charge in [0.2, 0.25) is 0 Å². The molecule has 2 heteroatoms. The number of hydrogen-bond acceptors (Lipinski definition) is 2. The first kappa shape index (κ1) is 10.1. The van der Waals surface area contributed by atoms with Crippen molar-refractivity contribution in [3.05, 3.63) is 24.7 Å². The molecule has 0 aliphatic carbocycles. The first-order valence-corrected chi connectivity index (χ1v) is 3.88. The minimum Gasteiger partial charge on any atom is -0.403 e. The summed E-state index contributed by atoms with van der Waals surface area (Å²) in [6.45, 7) is 11.1. The summed E-state index contributed by atoms with van der Waals surface area (Å²) in [4.78, 5) is 2.05. The molecule has 0 saturated carbocycles. The first-order chi connectivity index (χ1) is 5.07. The Hall–Kier alpha value is -0.920. The Balaban J connectivity index is 4.00. The van der Waals surface area contributed by atoms with Crippen LogP contribution in [0.4, 0.5) is 0 Å². The minimum absolute atomic E-state index is 0.628. The molecule has 0 spiro atoms. The van der Waals surface area contributed by atoms with Crippen LogP contribution < -0.4 is 5.73 Å². The zero-order chi connectivity index (χ0) is 8.85. The third-order valence-electron chi connectivity index (χ3n) is 1.32. The average Bonchev–Trinajstić information content (AvgIpc) is 1.86. The lowest BCUT2D eigenvalue weighted by molar-refractivity contribution is 0.398. The second-order valence-corrected chi connectivity index (χ2v) is 3.12. The smallest absolute Gasteiger partial charge is 0.0245 e. The maximum Gasteiger partial charge on any atom is 0.0245 e. The third-order valence-corrected chi connectivity index (χ3v) is 1.32. The standard InChI is InChI=1S/C9H18N2/c1-8(2)7-11(6-5-10)9(3)4/h5-6,8H,3,7,10H2,1-2,4H3/b6-5-. The molecule has 64 valence electrons. The fourth-order valence-corrected chi connectivity index (χ4v) is 0.841. The molecule has 11 heavy (non-hydrogen) atoms. The number of nitrogens with two attached hydrogens (primary N) is 1. The summed E-state index contributed by atoms with van der Waals surface area (Å²) < 4.78 is 0. The van der Waals surface area contributed by atoms with Gasteiger partial charge in [-0.2, -0.15) is 0 Å². The summed E-state index contributed by atoms with van der Waals surface area (Å²) in [7, 11) is 0. The van der Waals surface area contributed by atoms with Gasteiger partial charge in [0.1, 0.15) is 0 Å². The van der Waals surface area contributed by atoms with Crippen LogP contribution in [0.15, 0.2) is 24.7 Å². The van der Waals surface area contributed by atoms with Gasteiger partial charge in [-0.15, -0.1) is 0 Å². The Morgan fingerprint density at radius 2 is 2.18 bits per heavy atom. The van der Waals surface area contributed by atoms with E-state index in [2.05, 4.69) is 20.4 Å². The molecule has 2 N–H and O–H groups in total. The monoisotopic (exact) mass is 154 g/mol. The number of nitrogens with zero attached hydrogens (tertiary/aromatic N) is 1. The highest BCUT2D eigenvalue weighted by atomic mass is 15.1. The molecule has 0 heterocycles. The molecular weight excluding hydrogens is 136 g/mol. The maximum absolute atomic E-state index is 5.28. The van der Waals surface area contributed by atoms with Gasteiger partial charge in [-0.3, -0.25) is 0 Å². The van der Waals surface area contributed by atoms with E-state index in [-0.39, 0.29) is 0 Å². The molecule has 0 bridgehead atoms. The van der Waals surface area contributed by atoms with Crippen molar-refractivity contribution < 1.29 is 0 Å². The van der Waals surface area contributed by atoms with Crippen molar-refractivity contribution in [2.75, 3.05) is 6.54 Å². The van der Waals surface area contributed by atoms with Gasteiger partial charge >= 0.3 is 0 Å². The molecule has 0 aliphatic rings. The van der Waals surface area contributed by atoms with E-state index in [1.165, 1.54) is 6.20 Å². The SMILES string of the molecule is C=C(C)N(/C=C\N)CC(C)C. The van der Waals surface area contributed by atoms with E-state index < -0.39 is 0 Å². The lowest BCUT2D eigenvalue weighted by atomic mass is 10.2. The zero-order valence-corrected chi connectivity index (χ0v) is 7.67. The Labute approximate surface area is 69.4 Å². The Morgan fingerprint density at radius 3 is 2.45 bits per heavy atom. The molecule has 0 unspecified atom stereocenters. The zero-order valence-electron chi connectivity index (χ0n) is 7.67. The van der Waals surface area contributed by atoms with Crippen LogP contribution in [0.1, 0.15) is 20.8 Å². The Morgan fingerprint density at radius 1 is 1.64 bits per heavy atom. The highest BCUT2D eigenvalue weighted by Crippen LogP contribution is 2.05. The molecule has 0 fully saturated rings. The Kier molecular flexibility index (Phi) is 4.42. The number of rotatable bonds is 4. The molecule has 0 aliphatic heterocycles. The summed E-state index contributed by atoms with van der Waals surface area (Å²) in [5.74, 6) is 0.628. The van der Waals surface area contributed by atoms with Gasteiger partial charge in [0, 0.05) is 24.6 Å². The average molecular weight is 154 g/mol. The van der Waals surface area contributed by atoms with Crippen LogP contribution in [0.3, 0.4) is 0 Å². The topological polar surface area (TPSA) is 29.3 Å². The molecule has 0 saturated heterocycles. The van der Waals surface area contributed by atoms with E-state index in [1.54, 1.807) is 0 Å². The van der Waals surface area contributed by atoms with E-state index in [1.807, 2.05) is 18.0 Å². The Bertz CT molecular complexity index is 148. The van der Waals surface area contributed by atoms with Crippen LogP contribution in [-0.4, -0.2) is 11.4 Å². The van der Waals surface area contributed by atoms with E-state index in [0.717, 1.165) is 12.2 Å². The number of hydrogen-bond donors (Lipinski definition) is 1. The molecule has 0 radical (unpaired) electrons. The quantitative estimate of drug-likeness (QED) is 0.670. The van der Waals surface area contributed by atoms with Crippen molar-refractivity contribution in [3.63, 3.8) is 0 Å². The molecule has 0 aromatic heterocycles. The summed E-state index contributed by atoms with van der Waals surface area (Å²) in [6, 6.07) is 0. The van der Waals surface area contributed by atoms with Gasteiger partial charge in [-0.1, -0.05) is 20.4 Å². The third kappa shape index (κ3) is 4.48. The largest absolute Gasteiger partial charge is 0.403 e. The predicted molar refractivity (Wildman–Crippen MR) is 49.7 cm³/mol. The summed E-state index contributed by atoms with van der Waals surface area (Å²) in [6.07, 6.45) is 3.39. The van der Waals surface area contributed by atoms with Crippen LogP contribution in [0, 0.1) is 5.92 Å². The van der Waals surface area contributed by atoms with E-state index in [4.69, 9.17) is 5.73 Å². The fourth-order valence-electron chi connectivity index (χ4n) is 0.841. The van der Waals surface area contributed by atoms with Crippen LogP contribution >= 0.6 is 0 Å². The van der Waals surface area contributed by atoms with Crippen molar-refractivity contribution in [2.24, 2.45) is 11.7 Å². The molecule has 0 aromatic carbocycles. The van der Waals surface area contributed by atoms with Crippen molar-refractivity contribution in [1.29, 1.82) is 0 Å². The van der Waals surface area contributed by atoms with Crippen molar-refractivity contribution in [3.8, 4) is 0 Å². The van der Waals surface area contributed by atoms with Crippen molar-refractivity contribution >= 4 is 0 Å². The normalized spacial score (nSPS) is 10.9. The van der Waals surface area contributed by atoms with Gasteiger partial charge in [-0.05, 0) is 12.8 Å². The summed E-state index contributed by atoms with van der Waals surface area (Å²) >= 11 is 0. The predicted octanol–water partition coefficient (Wildman–Crippen LogP) is 1.91. The van der Waals surface area contributed by atoms with Gasteiger partial charge in [-0.25, -0.2) is 0 Å². The van der Waals surface area contributed by atoms with E-state index in [9.17, 15) is 0 Å². The van der Waals surface area contributed by atoms with Crippen LogP contribution in [0.2, 0.25) is 0 Å². The van der Waals surface area contributed by atoms with Crippen molar-refractivity contribution in [2.45, 2.75) is 20.8 Å². The van der Waals surface area contributed by atoms with Crippen LogP contribution in [0.5, 0.6) is 0 Å². The molecule has 0 amide bonds. The molecule has 0 rings (SSSR count).